The maximum absolute atomic E-state index is 12.6. The molecule has 1 N–H and O–H groups in total. The molecular weight excluding hydrogens is 448 g/mol. The van der Waals surface area contributed by atoms with Gasteiger partial charge in [-0.3, -0.25) is 9.10 Å². The first-order valence-corrected chi connectivity index (χ1v) is 13.4. The molecule has 0 spiro atoms. The number of thiophene rings is 1. The summed E-state index contributed by atoms with van der Waals surface area (Å²) in [5.41, 5.74) is 4.01. The monoisotopic (exact) mass is 478 g/mol. The van der Waals surface area contributed by atoms with Crippen LogP contribution in [0.15, 0.2) is 18.2 Å². The van der Waals surface area contributed by atoms with Crippen LogP contribution in [0.3, 0.4) is 0 Å². The molecule has 0 radical (unpaired) electrons. The predicted octanol–water partition coefficient (Wildman–Crippen LogP) is 4.22. The summed E-state index contributed by atoms with van der Waals surface area (Å²) in [6, 6.07) is 5.64. The van der Waals surface area contributed by atoms with Gasteiger partial charge in [-0.25, -0.2) is 13.2 Å². The summed E-state index contributed by atoms with van der Waals surface area (Å²) >= 11 is 1.44. The second-order valence-electron chi connectivity index (χ2n) is 8.24. The number of benzene rings is 1. The third-order valence-electron chi connectivity index (χ3n) is 5.47. The molecule has 174 valence electrons. The van der Waals surface area contributed by atoms with Crippen LogP contribution in [0.2, 0.25) is 0 Å². The summed E-state index contributed by atoms with van der Waals surface area (Å²) in [5.74, 6) is -0.680. The van der Waals surface area contributed by atoms with Crippen molar-refractivity contribution in [1.29, 1.82) is 0 Å². The average molecular weight is 479 g/mol. The Kier molecular flexibility index (Phi) is 7.61. The lowest BCUT2D eigenvalue weighted by atomic mass is 9.95. The molecule has 0 unspecified atom stereocenters. The molecule has 9 heteroatoms. The Hall–Kier alpha value is -2.39. The van der Waals surface area contributed by atoms with Crippen molar-refractivity contribution in [2.45, 2.75) is 52.4 Å². The lowest BCUT2D eigenvalue weighted by Crippen LogP contribution is -2.31. The van der Waals surface area contributed by atoms with E-state index in [1.54, 1.807) is 0 Å². The molecule has 0 fully saturated rings. The van der Waals surface area contributed by atoms with E-state index in [9.17, 15) is 18.0 Å². The van der Waals surface area contributed by atoms with Crippen LogP contribution in [-0.4, -0.2) is 40.2 Å². The molecule has 1 aliphatic rings. The van der Waals surface area contributed by atoms with Gasteiger partial charge in [0, 0.05) is 17.8 Å². The van der Waals surface area contributed by atoms with Gasteiger partial charge in [0.1, 0.15) is 5.00 Å². The summed E-state index contributed by atoms with van der Waals surface area (Å²) in [5, 5.41) is 3.39. The van der Waals surface area contributed by atoms with Crippen LogP contribution >= 0.6 is 11.3 Å². The number of nitrogens with zero attached hydrogens (tertiary/aromatic N) is 1. The van der Waals surface area contributed by atoms with Crippen LogP contribution in [0.1, 0.15) is 57.6 Å². The van der Waals surface area contributed by atoms with Crippen LogP contribution in [0.4, 0.5) is 10.7 Å². The van der Waals surface area contributed by atoms with Crippen molar-refractivity contribution < 1.29 is 22.7 Å². The molecule has 1 aromatic heterocycles. The van der Waals surface area contributed by atoms with E-state index in [-0.39, 0.29) is 18.9 Å². The zero-order valence-corrected chi connectivity index (χ0v) is 20.6. The highest BCUT2D eigenvalue weighted by atomic mass is 32.2. The van der Waals surface area contributed by atoms with E-state index < -0.39 is 16.0 Å². The Morgan fingerprint density at radius 2 is 1.78 bits per heavy atom. The summed E-state index contributed by atoms with van der Waals surface area (Å²) in [6.45, 7) is 4.04. The Morgan fingerprint density at radius 3 is 2.41 bits per heavy atom. The second-order valence-corrected chi connectivity index (χ2v) is 11.3. The van der Waals surface area contributed by atoms with E-state index in [0.717, 1.165) is 47.3 Å². The van der Waals surface area contributed by atoms with Crippen molar-refractivity contribution in [3.8, 4) is 0 Å². The van der Waals surface area contributed by atoms with Gasteiger partial charge in [-0.15, -0.1) is 11.3 Å². The third kappa shape index (κ3) is 5.69. The van der Waals surface area contributed by atoms with Crippen LogP contribution in [0, 0.1) is 13.8 Å². The summed E-state index contributed by atoms with van der Waals surface area (Å²) in [7, 11) is -2.15. The lowest BCUT2D eigenvalue weighted by molar-refractivity contribution is -0.116. The number of sulfonamides is 1. The highest BCUT2D eigenvalue weighted by Gasteiger charge is 2.27. The highest BCUT2D eigenvalue weighted by molar-refractivity contribution is 7.92. The Labute approximate surface area is 193 Å². The third-order valence-corrected chi connectivity index (χ3v) is 7.87. The minimum atomic E-state index is -3.49. The summed E-state index contributed by atoms with van der Waals surface area (Å²) < 4.78 is 31.0. The first kappa shape index (κ1) is 24.3. The fourth-order valence-corrected chi connectivity index (χ4v) is 6.37. The van der Waals surface area contributed by atoms with Crippen LogP contribution in [-0.2, 0) is 32.4 Å². The molecular formula is C23H30N2O5S2. The molecule has 0 saturated heterocycles. The van der Waals surface area contributed by atoms with Gasteiger partial charge >= 0.3 is 5.97 Å². The van der Waals surface area contributed by atoms with Gasteiger partial charge in [0.05, 0.1) is 24.6 Å². The molecule has 3 rings (SSSR count). The normalized spacial score (nSPS) is 13.4. The molecule has 2 aromatic rings. The number of rotatable bonds is 8. The maximum Gasteiger partial charge on any atom is 0.341 e. The minimum absolute atomic E-state index is 0.139. The number of amides is 1. The number of nitrogens with one attached hydrogen (secondary N) is 1. The van der Waals surface area contributed by atoms with E-state index in [0.29, 0.717) is 22.7 Å². The number of anilines is 2. The van der Waals surface area contributed by atoms with Gasteiger partial charge in [0.15, 0.2) is 0 Å². The molecule has 0 bridgehead atoms. The summed E-state index contributed by atoms with van der Waals surface area (Å²) in [4.78, 5) is 26.1. The molecule has 0 aliphatic heterocycles. The van der Waals surface area contributed by atoms with Gasteiger partial charge in [-0.05, 0) is 74.8 Å². The van der Waals surface area contributed by atoms with Crippen molar-refractivity contribution in [2.24, 2.45) is 0 Å². The van der Waals surface area contributed by atoms with E-state index in [4.69, 9.17) is 4.74 Å². The molecule has 1 heterocycles. The minimum Gasteiger partial charge on any atom is -0.465 e. The Balaban J connectivity index is 1.69. The van der Waals surface area contributed by atoms with E-state index in [1.165, 1.54) is 29.0 Å². The largest absolute Gasteiger partial charge is 0.465 e. The zero-order chi connectivity index (χ0) is 23.5. The fraction of sp³-hybridized carbons (Fsp3) is 0.478. The summed E-state index contributed by atoms with van der Waals surface area (Å²) in [6.07, 6.45) is 5.46. The Bertz CT molecular complexity index is 1100. The quantitative estimate of drug-likeness (QED) is 0.574. The lowest BCUT2D eigenvalue weighted by Gasteiger charge is -2.23. The number of hydrogen-bond donors (Lipinski definition) is 1. The van der Waals surface area contributed by atoms with Crippen molar-refractivity contribution in [1.82, 2.24) is 0 Å². The van der Waals surface area contributed by atoms with Gasteiger partial charge in [0.2, 0.25) is 15.9 Å². The Morgan fingerprint density at radius 1 is 1.12 bits per heavy atom. The maximum atomic E-state index is 12.6. The van der Waals surface area contributed by atoms with Crippen LogP contribution < -0.4 is 9.62 Å². The van der Waals surface area contributed by atoms with E-state index in [2.05, 4.69) is 5.32 Å². The fourth-order valence-electron chi connectivity index (χ4n) is 4.13. The van der Waals surface area contributed by atoms with Crippen molar-refractivity contribution in [3.63, 3.8) is 0 Å². The standard InChI is InChI=1S/C23H30N2O5S2/c1-15-12-16(2)14-17(13-15)25(32(4,28)29)11-7-10-20(26)24-22-21(23(27)30-3)18-8-5-6-9-19(18)31-22/h12-14H,5-11H2,1-4H3,(H,24,26). The number of aryl methyl sites for hydroxylation is 3. The average Bonchev–Trinajstić information content (AvgIpc) is 3.06. The zero-order valence-electron chi connectivity index (χ0n) is 19.0. The van der Waals surface area contributed by atoms with Gasteiger partial charge in [-0.1, -0.05) is 6.07 Å². The van der Waals surface area contributed by atoms with E-state index in [1.807, 2.05) is 32.0 Å². The van der Waals surface area contributed by atoms with Gasteiger partial charge in [-0.2, -0.15) is 0 Å². The van der Waals surface area contributed by atoms with Crippen molar-refractivity contribution in [2.75, 3.05) is 29.5 Å². The number of hydrogen-bond acceptors (Lipinski definition) is 6. The molecule has 1 aliphatic carbocycles. The van der Waals surface area contributed by atoms with Crippen LogP contribution in [0.5, 0.6) is 0 Å². The molecule has 0 saturated carbocycles. The number of carbonyl (C=O) groups is 2. The van der Waals surface area contributed by atoms with Gasteiger partial charge in [0.25, 0.3) is 0 Å². The second kappa shape index (κ2) is 10.0. The number of methoxy groups -OCH3 is 1. The smallest absolute Gasteiger partial charge is 0.341 e. The number of ether oxygens (including phenoxy) is 1. The number of esters is 1. The molecule has 0 atom stereocenters. The molecule has 32 heavy (non-hydrogen) atoms. The molecule has 1 amide bonds. The van der Waals surface area contributed by atoms with E-state index >= 15 is 0 Å². The molecule has 7 nitrogen and oxygen atoms in total. The van der Waals surface area contributed by atoms with Crippen molar-refractivity contribution >= 4 is 43.9 Å². The van der Waals surface area contributed by atoms with Crippen molar-refractivity contribution in [3.05, 3.63) is 45.3 Å². The number of fused-ring (bicyclic) bond motifs is 1. The first-order chi connectivity index (χ1) is 15.1. The van der Waals surface area contributed by atoms with Crippen LogP contribution in [0.25, 0.3) is 0 Å². The number of carbonyl (C=O) groups excluding carboxylic acids is 2. The topological polar surface area (TPSA) is 92.8 Å². The predicted molar refractivity (Wildman–Crippen MR) is 128 cm³/mol. The first-order valence-electron chi connectivity index (χ1n) is 10.7. The highest BCUT2D eigenvalue weighted by Crippen LogP contribution is 2.38. The SMILES string of the molecule is COC(=O)c1c(NC(=O)CCCN(c2cc(C)cc(C)c2)S(C)(=O)=O)sc2c1CCCC2. The molecule has 1 aromatic carbocycles. The van der Waals surface area contributed by atoms with Gasteiger partial charge < -0.3 is 10.1 Å².